The number of amides is 1. The van der Waals surface area contributed by atoms with Gasteiger partial charge in [-0.2, -0.15) is 13.2 Å². The minimum atomic E-state index is -4.45. The number of nitrogens with zero attached hydrogens (tertiary/aromatic N) is 1. The van der Waals surface area contributed by atoms with Crippen molar-refractivity contribution >= 4 is 21.8 Å². The van der Waals surface area contributed by atoms with Crippen LogP contribution in [-0.4, -0.2) is 22.9 Å². The summed E-state index contributed by atoms with van der Waals surface area (Å²) in [5.74, 6) is -0.356. The van der Waals surface area contributed by atoms with Crippen molar-refractivity contribution in [2.75, 3.05) is 6.54 Å². The molecule has 0 aromatic heterocycles. The number of hydrogen-bond donors (Lipinski definition) is 0. The van der Waals surface area contributed by atoms with Gasteiger partial charge in [0.2, 0.25) is 0 Å². The molecule has 2 nitrogen and oxygen atoms in total. The molecule has 1 saturated heterocycles. The van der Waals surface area contributed by atoms with E-state index in [0.717, 1.165) is 25.0 Å². The van der Waals surface area contributed by atoms with E-state index in [2.05, 4.69) is 15.9 Å². The maximum atomic E-state index is 12.8. The van der Waals surface area contributed by atoms with E-state index in [-0.39, 0.29) is 17.0 Å². The molecule has 1 aromatic rings. The fourth-order valence-electron chi connectivity index (χ4n) is 2.49. The maximum absolute atomic E-state index is 12.8. The van der Waals surface area contributed by atoms with Crippen LogP contribution in [0.4, 0.5) is 13.2 Å². The third kappa shape index (κ3) is 2.85. The Labute approximate surface area is 124 Å². The lowest BCUT2D eigenvalue weighted by Gasteiger charge is -2.32. The number of rotatable bonds is 1. The summed E-state index contributed by atoms with van der Waals surface area (Å²) < 4.78 is 38.6. The lowest BCUT2D eigenvalue weighted by Crippen LogP contribution is -2.42. The monoisotopic (exact) mass is 349 g/mol. The number of alkyl halides is 3. The molecule has 0 bridgehead atoms. The van der Waals surface area contributed by atoms with E-state index in [1.807, 2.05) is 13.8 Å². The molecular formula is C14H15BrF3NO. The molecule has 110 valence electrons. The van der Waals surface area contributed by atoms with Gasteiger partial charge in [-0.15, -0.1) is 0 Å². The Hall–Kier alpha value is -1.04. The van der Waals surface area contributed by atoms with E-state index < -0.39 is 11.7 Å². The van der Waals surface area contributed by atoms with Crippen LogP contribution in [0.3, 0.4) is 0 Å². The molecule has 1 aliphatic rings. The Morgan fingerprint density at radius 1 is 1.35 bits per heavy atom. The predicted molar refractivity (Wildman–Crippen MR) is 73.5 cm³/mol. The first-order valence-electron chi connectivity index (χ1n) is 6.32. The summed E-state index contributed by atoms with van der Waals surface area (Å²) in [6.07, 6.45) is -2.72. The topological polar surface area (TPSA) is 20.3 Å². The van der Waals surface area contributed by atoms with Crippen LogP contribution in [0.25, 0.3) is 0 Å². The van der Waals surface area contributed by atoms with Gasteiger partial charge in [-0.25, -0.2) is 0 Å². The van der Waals surface area contributed by atoms with E-state index in [1.165, 1.54) is 6.07 Å². The number of likely N-dealkylation sites (tertiary alicyclic amines) is 1. The molecule has 0 radical (unpaired) electrons. The Morgan fingerprint density at radius 2 is 2.00 bits per heavy atom. The molecule has 0 N–H and O–H groups in total. The van der Waals surface area contributed by atoms with Gasteiger partial charge in [0.15, 0.2) is 0 Å². The predicted octanol–water partition coefficient (Wildman–Crippen LogP) is 4.48. The molecule has 6 heteroatoms. The summed E-state index contributed by atoms with van der Waals surface area (Å²) in [5, 5.41) is 0. The van der Waals surface area contributed by atoms with Gasteiger partial charge in [-0.05, 0) is 60.8 Å². The number of benzene rings is 1. The number of carbonyl (C=O) groups is 1. The van der Waals surface area contributed by atoms with E-state index in [0.29, 0.717) is 11.0 Å². The van der Waals surface area contributed by atoms with Gasteiger partial charge in [-0.1, -0.05) is 0 Å². The molecular weight excluding hydrogens is 335 g/mol. The minimum Gasteiger partial charge on any atom is -0.333 e. The van der Waals surface area contributed by atoms with Crippen LogP contribution in [0, 0.1) is 0 Å². The van der Waals surface area contributed by atoms with Crippen LogP contribution >= 0.6 is 15.9 Å². The number of hydrogen-bond acceptors (Lipinski definition) is 1. The second-order valence-corrected chi connectivity index (χ2v) is 6.42. The third-order valence-electron chi connectivity index (χ3n) is 3.67. The van der Waals surface area contributed by atoms with Crippen molar-refractivity contribution in [2.24, 2.45) is 0 Å². The first-order chi connectivity index (χ1) is 9.13. The van der Waals surface area contributed by atoms with Gasteiger partial charge in [0, 0.05) is 16.6 Å². The minimum absolute atomic E-state index is 0.0646. The summed E-state index contributed by atoms with van der Waals surface area (Å²) in [6, 6.07) is 3.16. The van der Waals surface area contributed by atoms with Crippen molar-refractivity contribution in [3.05, 3.63) is 33.8 Å². The summed E-state index contributed by atoms with van der Waals surface area (Å²) in [4.78, 5) is 14.1. The van der Waals surface area contributed by atoms with E-state index in [9.17, 15) is 18.0 Å². The molecule has 0 aliphatic carbocycles. The molecule has 0 atom stereocenters. The van der Waals surface area contributed by atoms with Crippen LogP contribution in [-0.2, 0) is 6.18 Å². The SMILES string of the molecule is CC1(C)CCCN1C(=O)c1cc(C(F)(F)F)ccc1Br. The highest BCUT2D eigenvalue weighted by Crippen LogP contribution is 2.35. The Bertz CT molecular complexity index is 540. The molecule has 20 heavy (non-hydrogen) atoms. The molecule has 1 aromatic carbocycles. The molecule has 0 unspecified atom stereocenters. The fourth-order valence-corrected chi connectivity index (χ4v) is 2.91. The van der Waals surface area contributed by atoms with Crippen molar-refractivity contribution in [3.8, 4) is 0 Å². The summed E-state index contributed by atoms with van der Waals surface area (Å²) in [7, 11) is 0. The molecule has 1 fully saturated rings. The van der Waals surface area contributed by atoms with Gasteiger partial charge in [0.25, 0.3) is 5.91 Å². The van der Waals surface area contributed by atoms with Crippen LogP contribution in [0.15, 0.2) is 22.7 Å². The van der Waals surface area contributed by atoms with Gasteiger partial charge >= 0.3 is 6.18 Å². The Kier molecular flexibility index (Phi) is 3.88. The Balaban J connectivity index is 2.40. The quantitative estimate of drug-likeness (QED) is 0.731. The van der Waals surface area contributed by atoms with Gasteiger partial charge < -0.3 is 4.90 Å². The van der Waals surface area contributed by atoms with E-state index in [4.69, 9.17) is 0 Å². The summed E-state index contributed by atoms with van der Waals surface area (Å²) >= 11 is 3.17. The van der Waals surface area contributed by atoms with Crippen LogP contribution in [0.2, 0.25) is 0 Å². The zero-order valence-electron chi connectivity index (χ0n) is 11.2. The van der Waals surface area contributed by atoms with Gasteiger partial charge in [0.1, 0.15) is 0 Å². The highest BCUT2D eigenvalue weighted by molar-refractivity contribution is 9.10. The lowest BCUT2D eigenvalue weighted by molar-refractivity contribution is -0.137. The molecule has 2 rings (SSSR count). The average Bonchev–Trinajstić information content (AvgIpc) is 2.67. The third-order valence-corrected chi connectivity index (χ3v) is 4.36. The zero-order chi connectivity index (χ0) is 15.1. The van der Waals surface area contributed by atoms with E-state index >= 15 is 0 Å². The van der Waals surface area contributed by atoms with E-state index in [1.54, 1.807) is 4.90 Å². The first kappa shape index (κ1) is 15.4. The summed E-state index contributed by atoms with van der Waals surface area (Å²) in [6.45, 7) is 4.44. The van der Waals surface area contributed by atoms with Crippen LogP contribution < -0.4 is 0 Å². The standard InChI is InChI=1S/C14H15BrF3NO/c1-13(2)6-3-7-19(13)12(20)10-8-9(14(16,17)18)4-5-11(10)15/h4-5,8H,3,6-7H2,1-2H3. The van der Waals surface area contributed by atoms with Gasteiger partial charge in [-0.3, -0.25) is 4.79 Å². The molecule has 1 amide bonds. The van der Waals surface area contributed by atoms with Crippen molar-refractivity contribution in [1.29, 1.82) is 0 Å². The van der Waals surface area contributed by atoms with Crippen molar-refractivity contribution in [2.45, 2.75) is 38.4 Å². The summed E-state index contributed by atoms with van der Waals surface area (Å²) in [5.41, 5.74) is -1.05. The van der Waals surface area contributed by atoms with Crippen LogP contribution in [0.1, 0.15) is 42.6 Å². The normalized spacial score (nSPS) is 18.4. The van der Waals surface area contributed by atoms with Crippen molar-refractivity contribution in [3.63, 3.8) is 0 Å². The first-order valence-corrected chi connectivity index (χ1v) is 7.11. The van der Waals surface area contributed by atoms with Gasteiger partial charge in [0.05, 0.1) is 11.1 Å². The largest absolute Gasteiger partial charge is 0.416 e. The van der Waals surface area contributed by atoms with Crippen LogP contribution in [0.5, 0.6) is 0 Å². The fraction of sp³-hybridized carbons (Fsp3) is 0.500. The Morgan fingerprint density at radius 3 is 2.50 bits per heavy atom. The second-order valence-electron chi connectivity index (χ2n) is 5.57. The van der Waals surface area contributed by atoms with Crippen molar-refractivity contribution < 1.29 is 18.0 Å². The lowest BCUT2D eigenvalue weighted by atomic mass is 10.0. The van der Waals surface area contributed by atoms with Crippen molar-refractivity contribution in [1.82, 2.24) is 4.90 Å². The zero-order valence-corrected chi connectivity index (χ0v) is 12.8. The maximum Gasteiger partial charge on any atom is 0.416 e. The number of halogens is 4. The smallest absolute Gasteiger partial charge is 0.333 e. The highest BCUT2D eigenvalue weighted by atomic mass is 79.9. The average molecular weight is 350 g/mol. The second kappa shape index (κ2) is 5.06. The molecule has 1 heterocycles. The molecule has 1 aliphatic heterocycles. The number of carbonyl (C=O) groups excluding carboxylic acids is 1. The highest BCUT2D eigenvalue weighted by Gasteiger charge is 2.37. The molecule has 0 spiro atoms. The molecule has 0 saturated carbocycles.